The summed E-state index contributed by atoms with van der Waals surface area (Å²) in [6.07, 6.45) is 3.89. The van der Waals surface area contributed by atoms with E-state index >= 15 is 0 Å². The van der Waals surface area contributed by atoms with Crippen LogP contribution >= 0.6 is 0 Å². The lowest BCUT2D eigenvalue weighted by Gasteiger charge is -2.06. The maximum Gasteiger partial charge on any atom is 0.162 e. The molecular formula is C15H22O4S. The highest BCUT2D eigenvalue weighted by Gasteiger charge is 2.08. The summed E-state index contributed by atoms with van der Waals surface area (Å²) in [5.74, 6) is 0.775. The van der Waals surface area contributed by atoms with Crippen LogP contribution in [0.1, 0.15) is 43.0 Å². The number of hydrogen-bond donors (Lipinski definition) is 0. The fraction of sp³-hybridized carbons (Fsp3) is 0.533. The van der Waals surface area contributed by atoms with E-state index in [9.17, 15) is 13.2 Å². The SMILES string of the molecule is CCCCOc1ccc(C(=O)CCCS(C)(=O)=O)cc1. The highest BCUT2D eigenvalue weighted by Crippen LogP contribution is 2.14. The first-order chi connectivity index (χ1) is 9.42. The van der Waals surface area contributed by atoms with Crippen LogP contribution in [0.5, 0.6) is 5.75 Å². The summed E-state index contributed by atoms with van der Waals surface area (Å²) in [5, 5.41) is 0. The second-order valence-corrected chi connectivity index (χ2v) is 7.14. The van der Waals surface area contributed by atoms with Gasteiger partial charge in [-0.05, 0) is 37.1 Å². The molecule has 0 aliphatic heterocycles. The number of benzene rings is 1. The fourth-order valence-electron chi connectivity index (χ4n) is 1.71. The Morgan fingerprint density at radius 1 is 1.15 bits per heavy atom. The van der Waals surface area contributed by atoms with Crippen molar-refractivity contribution in [1.82, 2.24) is 0 Å². The van der Waals surface area contributed by atoms with Crippen molar-refractivity contribution in [2.45, 2.75) is 32.6 Å². The molecule has 0 spiro atoms. The predicted molar refractivity (Wildman–Crippen MR) is 80.1 cm³/mol. The number of unbranched alkanes of at least 4 members (excludes halogenated alkanes) is 1. The number of ether oxygens (including phenoxy) is 1. The number of carbonyl (C=O) groups is 1. The molecule has 1 rings (SSSR count). The summed E-state index contributed by atoms with van der Waals surface area (Å²) in [6, 6.07) is 7.01. The minimum Gasteiger partial charge on any atom is -0.494 e. The van der Waals surface area contributed by atoms with Crippen molar-refractivity contribution in [3.05, 3.63) is 29.8 Å². The molecule has 0 amide bonds. The van der Waals surface area contributed by atoms with Gasteiger partial charge in [-0.25, -0.2) is 8.42 Å². The van der Waals surface area contributed by atoms with Crippen molar-refractivity contribution in [2.24, 2.45) is 0 Å². The van der Waals surface area contributed by atoms with Gasteiger partial charge in [-0.2, -0.15) is 0 Å². The largest absolute Gasteiger partial charge is 0.494 e. The maximum absolute atomic E-state index is 11.9. The van der Waals surface area contributed by atoms with Crippen LogP contribution in [0.25, 0.3) is 0 Å². The Morgan fingerprint density at radius 3 is 2.35 bits per heavy atom. The van der Waals surface area contributed by atoms with Gasteiger partial charge < -0.3 is 4.74 Å². The average Bonchev–Trinajstić information content (AvgIpc) is 2.38. The van der Waals surface area contributed by atoms with Crippen LogP contribution in [0, 0.1) is 0 Å². The zero-order chi connectivity index (χ0) is 15.0. The molecule has 112 valence electrons. The van der Waals surface area contributed by atoms with E-state index in [1.807, 2.05) is 0 Å². The Hall–Kier alpha value is -1.36. The van der Waals surface area contributed by atoms with Gasteiger partial charge in [-0.3, -0.25) is 4.79 Å². The zero-order valence-corrected chi connectivity index (χ0v) is 12.9. The van der Waals surface area contributed by atoms with Crippen molar-refractivity contribution in [3.63, 3.8) is 0 Å². The minimum absolute atomic E-state index is 0.0336. The maximum atomic E-state index is 11.9. The van der Waals surface area contributed by atoms with Gasteiger partial charge in [-0.15, -0.1) is 0 Å². The molecule has 0 saturated carbocycles. The van der Waals surface area contributed by atoms with E-state index in [-0.39, 0.29) is 18.0 Å². The molecule has 0 bridgehead atoms. The highest BCUT2D eigenvalue weighted by atomic mass is 32.2. The van der Waals surface area contributed by atoms with Crippen LogP contribution in [0.3, 0.4) is 0 Å². The number of hydrogen-bond acceptors (Lipinski definition) is 4. The third-order valence-electron chi connectivity index (χ3n) is 2.86. The summed E-state index contributed by atoms with van der Waals surface area (Å²) >= 11 is 0. The molecule has 1 aromatic rings. The smallest absolute Gasteiger partial charge is 0.162 e. The van der Waals surface area contributed by atoms with E-state index in [1.165, 1.54) is 6.26 Å². The van der Waals surface area contributed by atoms with Gasteiger partial charge in [0.25, 0.3) is 0 Å². The van der Waals surface area contributed by atoms with E-state index in [4.69, 9.17) is 4.74 Å². The Kier molecular flexibility index (Phi) is 6.71. The first-order valence-electron chi connectivity index (χ1n) is 6.86. The van der Waals surface area contributed by atoms with Gasteiger partial charge in [0.15, 0.2) is 5.78 Å². The van der Waals surface area contributed by atoms with Gasteiger partial charge in [-0.1, -0.05) is 13.3 Å². The molecule has 5 heteroatoms. The number of carbonyl (C=O) groups excluding carboxylic acids is 1. The quantitative estimate of drug-likeness (QED) is 0.519. The van der Waals surface area contributed by atoms with Crippen molar-refractivity contribution in [3.8, 4) is 5.75 Å². The van der Waals surface area contributed by atoms with E-state index in [0.29, 0.717) is 18.6 Å². The standard InChI is InChI=1S/C15H22O4S/c1-3-4-11-19-14-9-7-13(8-10-14)15(16)6-5-12-20(2,17)18/h7-10H,3-6,11-12H2,1-2H3. The molecule has 0 N–H and O–H groups in total. The molecule has 0 unspecified atom stereocenters. The fourth-order valence-corrected chi connectivity index (χ4v) is 2.38. The molecule has 1 aromatic carbocycles. The van der Waals surface area contributed by atoms with Gasteiger partial charge in [0.1, 0.15) is 15.6 Å². The Morgan fingerprint density at radius 2 is 1.80 bits per heavy atom. The average molecular weight is 298 g/mol. The van der Waals surface area contributed by atoms with Gasteiger partial charge in [0, 0.05) is 18.2 Å². The van der Waals surface area contributed by atoms with E-state index in [2.05, 4.69) is 6.92 Å². The predicted octanol–water partition coefficient (Wildman–Crippen LogP) is 2.87. The van der Waals surface area contributed by atoms with Crippen molar-refractivity contribution in [2.75, 3.05) is 18.6 Å². The summed E-state index contributed by atoms with van der Waals surface area (Å²) in [6.45, 7) is 2.78. The third-order valence-corrected chi connectivity index (χ3v) is 3.89. The third kappa shape index (κ3) is 6.70. The van der Waals surface area contributed by atoms with Crippen LogP contribution in [0.2, 0.25) is 0 Å². The topological polar surface area (TPSA) is 60.4 Å². The Labute approximate surface area is 121 Å². The molecule has 0 radical (unpaired) electrons. The lowest BCUT2D eigenvalue weighted by molar-refractivity contribution is 0.0982. The Balaban J connectivity index is 2.45. The summed E-state index contributed by atoms with van der Waals surface area (Å²) < 4.78 is 27.5. The molecule has 0 fully saturated rings. The molecule has 4 nitrogen and oxygen atoms in total. The molecule has 0 aromatic heterocycles. The molecule has 0 aliphatic carbocycles. The Bertz CT molecular complexity index is 517. The summed E-state index contributed by atoms with van der Waals surface area (Å²) in [7, 11) is -2.99. The molecule has 0 aliphatic rings. The van der Waals surface area contributed by atoms with Crippen molar-refractivity contribution in [1.29, 1.82) is 0 Å². The molecular weight excluding hydrogens is 276 g/mol. The monoisotopic (exact) mass is 298 g/mol. The van der Waals surface area contributed by atoms with Crippen LogP contribution in [0.15, 0.2) is 24.3 Å². The highest BCUT2D eigenvalue weighted by molar-refractivity contribution is 7.90. The van der Waals surface area contributed by atoms with Gasteiger partial charge >= 0.3 is 0 Å². The lowest BCUT2D eigenvalue weighted by atomic mass is 10.1. The lowest BCUT2D eigenvalue weighted by Crippen LogP contribution is -2.06. The van der Waals surface area contributed by atoms with Crippen molar-refractivity contribution < 1.29 is 17.9 Å². The normalized spacial score (nSPS) is 11.3. The molecule has 0 heterocycles. The minimum atomic E-state index is -2.99. The summed E-state index contributed by atoms with van der Waals surface area (Å²) in [5.41, 5.74) is 0.598. The molecule has 0 atom stereocenters. The number of sulfone groups is 1. The van der Waals surface area contributed by atoms with Crippen LogP contribution < -0.4 is 4.74 Å². The first kappa shape index (κ1) is 16.7. The van der Waals surface area contributed by atoms with Gasteiger partial charge in [0.05, 0.1) is 12.4 Å². The zero-order valence-electron chi connectivity index (χ0n) is 12.1. The van der Waals surface area contributed by atoms with Crippen LogP contribution in [0.4, 0.5) is 0 Å². The second kappa shape index (κ2) is 8.04. The van der Waals surface area contributed by atoms with Crippen LogP contribution in [-0.4, -0.2) is 32.8 Å². The number of rotatable bonds is 9. The van der Waals surface area contributed by atoms with E-state index < -0.39 is 9.84 Å². The second-order valence-electron chi connectivity index (χ2n) is 4.88. The summed E-state index contributed by atoms with van der Waals surface area (Å²) in [4.78, 5) is 11.9. The number of Topliss-reactive ketones (excluding diaryl/α,β-unsaturated/α-hetero) is 1. The van der Waals surface area contributed by atoms with E-state index in [1.54, 1.807) is 24.3 Å². The molecule has 20 heavy (non-hydrogen) atoms. The number of ketones is 1. The van der Waals surface area contributed by atoms with Crippen LogP contribution in [-0.2, 0) is 9.84 Å². The first-order valence-corrected chi connectivity index (χ1v) is 8.92. The van der Waals surface area contributed by atoms with Gasteiger partial charge in [0.2, 0.25) is 0 Å². The van der Waals surface area contributed by atoms with E-state index in [0.717, 1.165) is 18.6 Å². The van der Waals surface area contributed by atoms with Crippen molar-refractivity contribution >= 4 is 15.6 Å². The molecule has 0 saturated heterocycles.